The molecule has 0 unspecified atom stereocenters. The molecule has 11 heteroatoms. The predicted octanol–water partition coefficient (Wildman–Crippen LogP) is 5.28. The van der Waals surface area contributed by atoms with Gasteiger partial charge in [-0.2, -0.15) is 5.10 Å². The quantitative estimate of drug-likeness (QED) is 0.187. The van der Waals surface area contributed by atoms with Gasteiger partial charge in [-0.15, -0.1) is 0 Å². The molecule has 1 heterocycles. The van der Waals surface area contributed by atoms with E-state index in [2.05, 4.69) is 20.2 Å². The molecular formula is C22H18ClN5O4S. The third-order valence-corrected chi connectivity index (χ3v) is 6.49. The molecule has 0 radical (unpaired) electrons. The fourth-order valence-electron chi connectivity index (χ4n) is 3.32. The summed E-state index contributed by atoms with van der Waals surface area (Å²) in [6, 6.07) is 17.4. The van der Waals surface area contributed by atoms with E-state index >= 15 is 0 Å². The molecule has 0 aliphatic carbocycles. The second-order valence-electron chi connectivity index (χ2n) is 7.13. The van der Waals surface area contributed by atoms with Crippen LogP contribution in [-0.2, 0) is 10.0 Å². The average Bonchev–Trinajstić information content (AvgIpc) is 3.08. The molecule has 3 N–H and O–H groups in total. The highest BCUT2D eigenvalue weighted by Gasteiger charge is 2.21. The largest absolute Gasteiger partial charge is 0.358 e. The number of sulfonamides is 1. The SMILES string of the molecule is Cc1[nH]c2ccccc2c1C=NNc1ccc(S(=O)(=O)Nc2cccc(Cl)c2)cc1[N+](=O)[O-]. The van der Waals surface area contributed by atoms with E-state index in [4.69, 9.17) is 11.6 Å². The molecule has 0 saturated heterocycles. The molecule has 0 atom stereocenters. The van der Waals surface area contributed by atoms with Crippen molar-refractivity contribution in [3.63, 3.8) is 0 Å². The molecule has 9 nitrogen and oxygen atoms in total. The Labute approximate surface area is 194 Å². The number of hydrogen-bond acceptors (Lipinski definition) is 6. The molecule has 0 fully saturated rings. The van der Waals surface area contributed by atoms with Gasteiger partial charge in [-0.3, -0.25) is 20.3 Å². The predicted molar refractivity (Wildman–Crippen MR) is 130 cm³/mol. The molecule has 4 aromatic rings. The van der Waals surface area contributed by atoms with Gasteiger partial charge in [-0.1, -0.05) is 35.9 Å². The Morgan fingerprint density at radius 3 is 2.64 bits per heavy atom. The molecule has 0 aliphatic rings. The normalized spacial score (nSPS) is 11.7. The van der Waals surface area contributed by atoms with Gasteiger partial charge in [0, 0.05) is 33.2 Å². The lowest BCUT2D eigenvalue weighted by Crippen LogP contribution is -2.13. The van der Waals surface area contributed by atoms with Crippen molar-refractivity contribution in [1.29, 1.82) is 0 Å². The van der Waals surface area contributed by atoms with Crippen LogP contribution in [0.25, 0.3) is 10.9 Å². The van der Waals surface area contributed by atoms with Gasteiger partial charge in [0.2, 0.25) is 0 Å². The number of hydrazone groups is 1. The number of nitro groups is 1. The van der Waals surface area contributed by atoms with Gasteiger partial charge >= 0.3 is 0 Å². The van der Waals surface area contributed by atoms with Gasteiger partial charge < -0.3 is 4.98 Å². The second kappa shape index (κ2) is 8.93. The van der Waals surface area contributed by atoms with Crippen molar-refractivity contribution in [1.82, 2.24) is 4.98 Å². The topological polar surface area (TPSA) is 129 Å². The lowest BCUT2D eigenvalue weighted by atomic mass is 10.1. The lowest BCUT2D eigenvalue weighted by Gasteiger charge is -2.09. The lowest BCUT2D eigenvalue weighted by molar-refractivity contribution is -0.384. The van der Waals surface area contributed by atoms with E-state index in [0.717, 1.165) is 28.2 Å². The van der Waals surface area contributed by atoms with Crippen LogP contribution in [0.3, 0.4) is 0 Å². The van der Waals surface area contributed by atoms with E-state index < -0.39 is 20.6 Å². The Bertz CT molecular complexity index is 1500. The Hall–Kier alpha value is -3.89. The van der Waals surface area contributed by atoms with Crippen LogP contribution in [0.1, 0.15) is 11.3 Å². The highest BCUT2D eigenvalue weighted by atomic mass is 35.5. The molecule has 0 aliphatic heterocycles. The third-order valence-electron chi connectivity index (χ3n) is 4.88. The summed E-state index contributed by atoms with van der Waals surface area (Å²) in [7, 11) is -4.07. The number of H-pyrrole nitrogens is 1. The van der Waals surface area contributed by atoms with Gasteiger partial charge in [0.15, 0.2) is 0 Å². The molecule has 0 bridgehead atoms. The number of para-hydroxylation sites is 1. The van der Waals surface area contributed by atoms with Gasteiger partial charge in [0.05, 0.1) is 21.7 Å². The average molecular weight is 484 g/mol. The van der Waals surface area contributed by atoms with Crippen LogP contribution in [0.4, 0.5) is 17.1 Å². The minimum atomic E-state index is -4.07. The van der Waals surface area contributed by atoms with Crippen molar-refractivity contribution in [2.45, 2.75) is 11.8 Å². The Morgan fingerprint density at radius 2 is 1.88 bits per heavy atom. The minimum absolute atomic E-state index is 0.0513. The van der Waals surface area contributed by atoms with E-state index in [0.29, 0.717) is 5.02 Å². The van der Waals surface area contributed by atoms with Gasteiger partial charge in [-0.05, 0) is 43.3 Å². The first-order valence-corrected chi connectivity index (χ1v) is 11.5. The molecule has 0 spiro atoms. The minimum Gasteiger partial charge on any atom is -0.358 e. The Morgan fingerprint density at radius 1 is 1.09 bits per heavy atom. The van der Waals surface area contributed by atoms with Crippen LogP contribution in [0.2, 0.25) is 5.02 Å². The van der Waals surface area contributed by atoms with E-state index in [1.165, 1.54) is 24.3 Å². The van der Waals surface area contributed by atoms with Crippen molar-refractivity contribution < 1.29 is 13.3 Å². The van der Waals surface area contributed by atoms with Crippen molar-refractivity contribution in [2.24, 2.45) is 5.10 Å². The van der Waals surface area contributed by atoms with Crippen LogP contribution in [-0.4, -0.2) is 24.5 Å². The number of anilines is 2. The molecule has 33 heavy (non-hydrogen) atoms. The standard InChI is InChI=1S/C22H18ClN5O4S/c1-14-19(18-7-2-3-8-20(18)25-14)13-24-26-21-10-9-17(12-22(21)28(29)30)33(31,32)27-16-6-4-5-15(23)11-16/h2-13,25-27H,1H3. The maximum atomic E-state index is 12.7. The summed E-state index contributed by atoms with van der Waals surface area (Å²) < 4.78 is 27.8. The van der Waals surface area contributed by atoms with Gasteiger partial charge in [0.1, 0.15) is 5.69 Å². The Kier molecular flexibility index (Phi) is 6.03. The first-order chi connectivity index (χ1) is 15.7. The van der Waals surface area contributed by atoms with E-state index in [9.17, 15) is 18.5 Å². The summed E-state index contributed by atoms with van der Waals surface area (Å²) in [6.45, 7) is 1.90. The summed E-state index contributed by atoms with van der Waals surface area (Å²) in [5.74, 6) is 0. The van der Waals surface area contributed by atoms with Crippen LogP contribution >= 0.6 is 11.6 Å². The third kappa shape index (κ3) is 4.81. The summed E-state index contributed by atoms with van der Waals surface area (Å²) >= 11 is 5.89. The second-order valence-corrected chi connectivity index (χ2v) is 9.25. The number of nitrogens with one attached hydrogen (secondary N) is 3. The highest BCUT2D eigenvalue weighted by Crippen LogP contribution is 2.29. The zero-order valence-electron chi connectivity index (χ0n) is 17.2. The molecular weight excluding hydrogens is 466 g/mol. The summed E-state index contributed by atoms with van der Waals surface area (Å²) in [5, 5.41) is 17.0. The number of aromatic amines is 1. The smallest absolute Gasteiger partial charge is 0.295 e. The van der Waals surface area contributed by atoms with Crippen LogP contribution < -0.4 is 10.1 Å². The molecule has 3 aromatic carbocycles. The zero-order valence-corrected chi connectivity index (χ0v) is 18.8. The van der Waals surface area contributed by atoms with E-state index in [1.54, 1.807) is 18.3 Å². The monoisotopic (exact) mass is 483 g/mol. The summed E-state index contributed by atoms with van der Waals surface area (Å²) in [4.78, 5) is 13.9. The van der Waals surface area contributed by atoms with Gasteiger partial charge in [-0.25, -0.2) is 8.42 Å². The number of benzene rings is 3. The Balaban J connectivity index is 1.60. The number of aromatic nitrogens is 1. The first kappa shape index (κ1) is 22.3. The molecule has 4 rings (SSSR count). The number of fused-ring (bicyclic) bond motifs is 1. The van der Waals surface area contributed by atoms with Crippen LogP contribution in [0, 0.1) is 17.0 Å². The number of rotatable bonds is 7. The van der Waals surface area contributed by atoms with Crippen molar-refractivity contribution in [3.05, 3.63) is 93.1 Å². The first-order valence-electron chi connectivity index (χ1n) is 9.68. The number of aryl methyl sites for hydroxylation is 1. The van der Waals surface area contributed by atoms with E-state index in [-0.39, 0.29) is 16.3 Å². The summed E-state index contributed by atoms with van der Waals surface area (Å²) in [5.41, 5.74) is 5.18. The zero-order chi connectivity index (χ0) is 23.6. The molecule has 168 valence electrons. The maximum Gasteiger partial charge on any atom is 0.295 e. The van der Waals surface area contributed by atoms with Crippen molar-refractivity contribution in [3.8, 4) is 0 Å². The number of hydrogen-bond donors (Lipinski definition) is 3. The number of halogens is 1. The maximum absolute atomic E-state index is 12.7. The van der Waals surface area contributed by atoms with E-state index in [1.807, 2.05) is 31.2 Å². The number of nitrogens with zero attached hydrogens (tertiary/aromatic N) is 2. The summed E-state index contributed by atoms with van der Waals surface area (Å²) in [6.07, 6.45) is 1.56. The highest BCUT2D eigenvalue weighted by molar-refractivity contribution is 7.92. The fourth-order valence-corrected chi connectivity index (χ4v) is 4.58. The fraction of sp³-hybridized carbons (Fsp3) is 0.0455. The van der Waals surface area contributed by atoms with Crippen molar-refractivity contribution in [2.75, 3.05) is 10.1 Å². The van der Waals surface area contributed by atoms with Gasteiger partial charge in [0.25, 0.3) is 15.7 Å². The van der Waals surface area contributed by atoms with Crippen LogP contribution in [0.15, 0.2) is 76.7 Å². The molecule has 1 aromatic heterocycles. The molecule has 0 saturated carbocycles. The molecule has 0 amide bonds. The van der Waals surface area contributed by atoms with Crippen molar-refractivity contribution >= 4 is 55.8 Å². The van der Waals surface area contributed by atoms with Crippen LogP contribution in [0.5, 0.6) is 0 Å². The number of nitro benzene ring substituents is 1.